The van der Waals surface area contributed by atoms with Crippen LogP contribution in [0, 0.1) is 6.92 Å². The van der Waals surface area contributed by atoms with Crippen LogP contribution in [0.3, 0.4) is 0 Å². The standard InChI is InChI=1S/C19H26N2O6/c1-3-25-19(24)21-10-8-15(9-11-21)20-17(22)12-27-18(23)13-26-16-7-5-4-6-14(16)2/h4-7,15H,3,8-13H2,1-2H3,(H,20,22). The lowest BCUT2D eigenvalue weighted by molar-refractivity contribution is -0.150. The van der Waals surface area contributed by atoms with Crippen molar-refractivity contribution < 1.29 is 28.6 Å². The molecule has 1 aromatic carbocycles. The van der Waals surface area contributed by atoms with Gasteiger partial charge in [-0.3, -0.25) is 4.79 Å². The highest BCUT2D eigenvalue weighted by Gasteiger charge is 2.24. The van der Waals surface area contributed by atoms with Gasteiger partial charge >= 0.3 is 12.1 Å². The Labute approximate surface area is 158 Å². The lowest BCUT2D eigenvalue weighted by Crippen LogP contribution is -2.47. The Kier molecular flexibility index (Phi) is 7.91. The summed E-state index contributed by atoms with van der Waals surface area (Å²) in [6, 6.07) is 7.28. The van der Waals surface area contributed by atoms with Gasteiger partial charge in [0.1, 0.15) is 5.75 Å². The highest BCUT2D eigenvalue weighted by Crippen LogP contribution is 2.16. The molecule has 0 bridgehead atoms. The summed E-state index contributed by atoms with van der Waals surface area (Å²) in [4.78, 5) is 36.9. The molecule has 1 saturated heterocycles. The molecule has 1 aliphatic heterocycles. The molecule has 27 heavy (non-hydrogen) atoms. The van der Waals surface area contributed by atoms with Crippen molar-refractivity contribution in [2.45, 2.75) is 32.7 Å². The van der Waals surface area contributed by atoms with Gasteiger partial charge < -0.3 is 24.4 Å². The fraction of sp³-hybridized carbons (Fsp3) is 0.526. The van der Waals surface area contributed by atoms with Crippen LogP contribution in [0.25, 0.3) is 0 Å². The molecule has 0 unspecified atom stereocenters. The van der Waals surface area contributed by atoms with Gasteiger partial charge in [0, 0.05) is 19.1 Å². The summed E-state index contributed by atoms with van der Waals surface area (Å²) in [6.07, 6.45) is 0.939. The first-order valence-corrected chi connectivity index (χ1v) is 9.04. The zero-order valence-corrected chi connectivity index (χ0v) is 15.7. The van der Waals surface area contributed by atoms with Gasteiger partial charge in [-0.15, -0.1) is 0 Å². The minimum atomic E-state index is -0.606. The van der Waals surface area contributed by atoms with Crippen molar-refractivity contribution in [1.82, 2.24) is 10.2 Å². The van der Waals surface area contributed by atoms with Crippen LogP contribution in [0.15, 0.2) is 24.3 Å². The van der Waals surface area contributed by atoms with Crippen LogP contribution in [-0.2, 0) is 19.1 Å². The number of aryl methyl sites for hydroxylation is 1. The van der Waals surface area contributed by atoms with E-state index in [9.17, 15) is 14.4 Å². The van der Waals surface area contributed by atoms with Crippen molar-refractivity contribution in [2.75, 3.05) is 32.9 Å². The summed E-state index contributed by atoms with van der Waals surface area (Å²) in [5.41, 5.74) is 0.914. The Balaban J connectivity index is 1.63. The van der Waals surface area contributed by atoms with Crippen molar-refractivity contribution in [3.05, 3.63) is 29.8 Å². The average Bonchev–Trinajstić information content (AvgIpc) is 2.66. The zero-order valence-electron chi connectivity index (χ0n) is 15.7. The maximum absolute atomic E-state index is 11.9. The van der Waals surface area contributed by atoms with E-state index in [-0.39, 0.29) is 31.3 Å². The molecule has 1 aromatic rings. The monoisotopic (exact) mass is 378 g/mol. The van der Waals surface area contributed by atoms with Crippen LogP contribution >= 0.6 is 0 Å². The normalized spacial score (nSPS) is 14.4. The van der Waals surface area contributed by atoms with E-state index >= 15 is 0 Å². The molecule has 0 spiro atoms. The van der Waals surface area contributed by atoms with E-state index in [2.05, 4.69) is 5.32 Å². The molecular weight excluding hydrogens is 352 g/mol. The third kappa shape index (κ3) is 6.80. The summed E-state index contributed by atoms with van der Waals surface area (Å²) in [5, 5.41) is 2.81. The lowest BCUT2D eigenvalue weighted by Gasteiger charge is -2.31. The number of esters is 1. The molecule has 1 aliphatic rings. The van der Waals surface area contributed by atoms with Gasteiger partial charge in [0.25, 0.3) is 5.91 Å². The largest absolute Gasteiger partial charge is 0.482 e. The maximum atomic E-state index is 11.9. The number of carbonyl (C=O) groups excluding carboxylic acids is 3. The predicted octanol–water partition coefficient (Wildman–Crippen LogP) is 1.65. The average molecular weight is 378 g/mol. The molecule has 1 fully saturated rings. The van der Waals surface area contributed by atoms with Crippen LogP contribution in [-0.4, -0.2) is 61.8 Å². The molecule has 2 rings (SSSR count). The quantitative estimate of drug-likeness (QED) is 0.725. The van der Waals surface area contributed by atoms with E-state index in [1.54, 1.807) is 17.9 Å². The summed E-state index contributed by atoms with van der Waals surface area (Å²) < 4.78 is 15.3. The number of amides is 2. The van der Waals surface area contributed by atoms with E-state index < -0.39 is 5.97 Å². The topological polar surface area (TPSA) is 94.2 Å². The number of benzene rings is 1. The molecule has 0 atom stereocenters. The number of nitrogens with one attached hydrogen (secondary N) is 1. The van der Waals surface area contributed by atoms with Gasteiger partial charge in [0.2, 0.25) is 0 Å². The highest BCUT2D eigenvalue weighted by molar-refractivity contribution is 5.81. The molecule has 1 heterocycles. The van der Waals surface area contributed by atoms with E-state index in [4.69, 9.17) is 14.2 Å². The lowest BCUT2D eigenvalue weighted by atomic mass is 10.1. The number of nitrogens with zero attached hydrogens (tertiary/aromatic N) is 1. The third-order valence-electron chi connectivity index (χ3n) is 4.19. The van der Waals surface area contributed by atoms with Crippen molar-refractivity contribution in [3.63, 3.8) is 0 Å². The smallest absolute Gasteiger partial charge is 0.409 e. The summed E-state index contributed by atoms with van der Waals surface area (Å²) in [5.74, 6) is -0.369. The second kappa shape index (κ2) is 10.4. The first-order valence-electron chi connectivity index (χ1n) is 9.04. The fourth-order valence-corrected chi connectivity index (χ4v) is 2.73. The van der Waals surface area contributed by atoms with Gasteiger partial charge in [0.15, 0.2) is 13.2 Å². The molecular formula is C19H26N2O6. The Morgan fingerprint density at radius 3 is 2.48 bits per heavy atom. The van der Waals surface area contributed by atoms with E-state index in [1.165, 1.54) is 0 Å². The highest BCUT2D eigenvalue weighted by atomic mass is 16.6. The molecule has 8 heteroatoms. The molecule has 8 nitrogen and oxygen atoms in total. The predicted molar refractivity (Wildman–Crippen MR) is 97.4 cm³/mol. The summed E-state index contributed by atoms with van der Waals surface area (Å²) in [6.45, 7) is 4.42. The number of ether oxygens (including phenoxy) is 3. The van der Waals surface area contributed by atoms with Crippen molar-refractivity contribution in [3.8, 4) is 5.75 Å². The molecule has 2 amide bonds. The second-order valence-corrected chi connectivity index (χ2v) is 6.24. The van der Waals surface area contributed by atoms with E-state index in [1.807, 2.05) is 25.1 Å². The molecule has 1 N–H and O–H groups in total. The first kappa shape index (κ1) is 20.5. The van der Waals surface area contributed by atoms with Gasteiger partial charge in [0.05, 0.1) is 6.61 Å². The Morgan fingerprint density at radius 2 is 1.81 bits per heavy atom. The van der Waals surface area contributed by atoms with Crippen LogP contribution in [0.4, 0.5) is 4.79 Å². The van der Waals surface area contributed by atoms with Crippen molar-refractivity contribution in [2.24, 2.45) is 0 Å². The van der Waals surface area contributed by atoms with Crippen LogP contribution < -0.4 is 10.1 Å². The third-order valence-corrected chi connectivity index (χ3v) is 4.19. The van der Waals surface area contributed by atoms with Gasteiger partial charge in [-0.2, -0.15) is 0 Å². The Bertz CT molecular complexity index is 655. The zero-order chi connectivity index (χ0) is 19.6. The van der Waals surface area contributed by atoms with Crippen LogP contribution in [0.5, 0.6) is 5.75 Å². The van der Waals surface area contributed by atoms with E-state index in [0.29, 0.717) is 38.3 Å². The second-order valence-electron chi connectivity index (χ2n) is 6.24. The molecule has 0 radical (unpaired) electrons. The fourth-order valence-electron chi connectivity index (χ4n) is 2.73. The first-order chi connectivity index (χ1) is 13.0. The molecule has 0 aromatic heterocycles. The molecule has 0 saturated carbocycles. The number of piperidine rings is 1. The Hall–Kier alpha value is -2.77. The van der Waals surface area contributed by atoms with Crippen molar-refractivity contribution in [1.29, 1.82) is 0 Å². The number of carbonyl (C=O) groups is 3. The summed E-state index contributed by atoms with van der Waals surface area (Å²) >= 11 is 0. The number of likely N-dealkylation sites (tertiary alicyclic amines) is 1. The van der Waals surface area contributed by atoms with Crippen LogP contribution in [0.2, 0.25) is 0 Å². The van der Waals surface area contributed by atoms with Gasteiger partial charge in [-0.25, -0.2) is 9.59 Å². The number of hydrogen-bond donors (Lipinski definition) is 1. The van der Waals surface area contributed by atoms with Gasteiger partial charge in [-0.1, -0.05) is 18.2 Å². The minimum absolute atomic E-state index is 0.0508. The number of para-hydroxylation sites is 1. The Morgan fingerprint density at radius 1 is 1.11 bits per heavy atom. The SMILES string of the molecule is CCOC(=O)N1CCC(NC(=O)COC(=O)COc2ccccc2C)CC1. The van der Waals surface area contributed by atoms with E-state index in [0.717, 1.165) is 5.56 Å². The van der Waals surface area contributed by atoms with Crippen LogP contribution in [0.1, 0.15) is 25.3 Å². The molecule has 148 valence electrons. The number of rotatable bonds is 7. The van der Waals surface area contributed by atoms with Gasteiger partial charge in [-0.05, 0) is 38.3 Å². The maximum Gasteiger partial charge on any atom is 0.409 e. The van der Waals surface area contributed by atoms with Crippen molar-refractivity contribution >= 4 is 18.0 Å². The summed E-state index contributed by atoms with van der Waals surface area (Å²) in [7, 11) is 0. The minimum Gasteiger partial charge on any atom is -0.482 e. The molecule has 0 aliphatic carbocycles. The number of hydrogen-bond acceptors (Lipinski definition) is 6.